The molecule has 0 saturated carbocycles. The molecule has 2 aliphatic heterocycles. The predicted molar refractivity (Wildman–Crippen MR) is 52.3 cm³/mol. The number of fused-ring (bicyclic) bond motifs is 2. The molecule has 0 unspecified atom stereocenters. The third kappa shape index (κ3) is 1.02. The van der Waals surface area contributed by atoms with Crippen LogP contribution < -0.4 is 0 Å². The molecule has 12 heavy (non-hydrogen) atoms. The minimum absolute atomic E-state index is 0.381. The van der Waals surface area contributed by atoms with E-state index in [-0.39, 0.29) is 0 Å². The average molecular weight is 167 g/mol. The van der Waals surface area contributed by atoms with E-state index in [1.807, 2.05) is 0 Å². The van der Waals surface area contributed by atoms with E-state index in [1.54, 1.807) is 0 Å². The highest BCUT2D eigenvalue weighted by atomic mass is 15.3. The molecule has 0 amide bonds. The molecule has 2 heterocycles. The van der Waals surface area contributed by atoms with Gasteiger partial charge in [-0.1, -0.05) is 0 Å². The van der Waals surface area contributed by atoms with Gasteiger partial charge in [0.15, 0.2) is 0 Å². The summed E-state index contributed by atoms with van der Waals surface area (Å²) in [7, 11) is 0. The summed E-state index contributed by atoms with van der Waals surface area (Å²) in [5.74, 6) is 0. The Bertz CT molecular complexity index is 182. The number of hydrogen-bond donors (Lipinski definition) is 0. The highest BCUT2D eigenvalue weighted by molar-refractivity contribution is 5.08. The van der Waals surface area contributed by atoms with Crippen molar-refractivity contribution in [2.24, 2.45) is 0 Å². The minimum Gasteiger partial charge on any atom is -0.290 e. The van der Waals surface area contributed by atoms with E-state index >= 15 is 0 Å². The van der Waals surface area contributed by atoms with E-state index < -0.39 is 0 Å². The Labute approximate surface area is 76.1 Å². The van der Waals surface area contributed by atoms with Crippen molar-refractivity contribution in [3.05, 3.63) is 0 Å². The summed E-state index contributed by atoms with van der Waals surface area (Å²) in [4.78, 5) is 2.76. The molecular formula is C11H21N. The van der Waals surface area contributed by atoms with Crippen molar-refractivity contribution in [3.63, 3.8) is 0 Å². The van der Waals surface area contributed by atoms with Crippen molar-refractivity contribution in [3.8, 4) is 0 Å². The van der Waals surface area contributed by atoms with Gasteiger partial charge in [0, 0.05) is 17.1 Å². The molecule has 0 N–H and O–H groups in total. The molecule has 2 saturated heterocycles. The van der Waals surface area contributed by atoms with Gasteiger partial charge in [0.25, 0.3) is 0 Å². The SMILES string of the molecule is CC(C)(C)N1C2CCC1(C)CC2. The van der Waals surface area contributed by atoms with Gasteiger partial charge in [-0.25, -0.2) is 0 Å². The van der Waals surface area contributed by atoms with Gasteiger partial charge < -0.3 is 0 Å². The smallest absolute Gasteiger partial charge is 0.0190 e. The van der Waals surface area contributed by atoms with E-state index in [0.717, 1.165) is 6.04 Å². The third-order valence-electron chi connectivity index (χ3n) is 3.70. The molecule has 0 aromatic rings. The maximum Gasteiger partial charge on any atom is 0.0190 e. The van der Waals surface area contributed by atoms with E-state index in [1.165, 1.54) is 25.7 Å². The zero-order chi connectivity index (χ0) is 8.98. The third-order valence-corrected chi connectivity index (χ3v) is 3.70. The Balaban J connectivity index is 2.27. The molecule has 2 bridgehead atoms. The van der Waals surface area contributed by atoms with Crippen molar-refractivity contribution in [2.45, 2.75) is 70.5 Å². The van der Waals surface area contributed by atoms with Crippen molar-refractivity contribution in [1.29, 1.82) is 0 Å². The Hall–Kier alpha value is -0.0400. The lowest BCUT2D eigenvalue weighted by Crippen LogP contribution is -2.50. The quantitative estimate of drug-likeness (QED) is 0.536. The molecule has 1 nitrogen and oxygen atoms in total. The highest BCUT2D eigenvalue weighted by Gasteiger charge is 2.52. The van der Waals surface area contributed by atoms with Crippen LogP contribution in [0.5, 0.6) is 0 Å². The summed E-state index contributed by atoms with van der Waals surface area (Å²) in [6.07, 6.45) is 5.73. The molecule has 0 aromatic carbocycles. The fourth-order valence-electron chi connectivity index (χ4n) is 3.52. The van der Waals surface area contributed by atoms with Crippen molar-refractivity contribution in [1.82, 2.24) is 4.90 Å². The van der Waals surface area contributed by atoms with Crippen LogP contribution in [-0.4, -0.2) is 22.0 Å². The molecule has 0 aromatic heterocycles. The first-order valence-electron chi connectivity index (χ1n) is 5.23. The second kappa shape index (κ2) is 2.25. The summed E-state index contributed by atoms with van der Waals surface area (Å²) in [6, 6.07) is 0.898. The van der Waals surface area contributed by atoms with Crippen LogP contribution in [0.25, 0.3) is 0 Å². The fourth-order valence-corrected chi connectivity index (χ4v) is 3.52. The summed E-state index contributed by atoms with van der Waals surface area (Å²) < 4.78 is 0. The molecule has 70 valence electrons. The molecule has 1 heteroatoms. The van der Waals surface area contributed by atoms with E-state index in [4.69, 9.17) is 0 Å². The van der Waals surface area contributed by atoms with Gasteiger partial charge in [-0.3, -0.25) is 4.90 Å². The van der Waals surface area contributed by atoms with Crippen LogP contribution >= 0.6 is 0 Å². The summed E-state index contributed by atoms with van der Waals surface area (Å²) in [5.41, 5.74) is 0.926. The Kier molecular flexibility index (Phi) is 1.61. The predicted octanol–water partition coefficient (Wildman–Crippen LogP) is 2.80. The first-order valence-corrected chi connectivity index (χ1v) is 5.23. The molecule has 2 aliphatic rings. The van der Waals surface area contributed by atoms with Crippen LogP contribution in [0.4, 0.5) is 0 Å². The summed E-state index contributed by atoms with van der Waals surface area (Å²) in [6.45, 7) is 9.52. The van der Waals surface area contributed by atoms with Gasteiger partial charge in [-0.05, 0) is 53.4 Å². The van der Waals surface area contributed by atoms with Crippen molar-refractivity contribution >= 4 is 0 Å². The zero-order valence-corrected chi connectivity index (χ0v) is 8.85. The summed E-state index contributed by atoms with van der Waals surface area (Å²) >= 11 is 0. The van der Waals surface area contributed by atoms with Gasteiger partial charge >= 0.3 is 0 Å². The molecular weight excluding hydrogens is 146 g/mol. The Morgan fingerprint density at radius 3 is 1.83 bits per heavy atom. The highest BCUT2D eigenvalue weighted by Crippen LogP contribution is 2.49. The molecule has 0 radical (unpaired) electrons. The van der Waals surface area contributed by atoms with Gasteiger partial charge in [0.2, 0.25) is 0 Å². The van der Waals surface area contributed by atoms with Gasteiger partial charge in [-0.15, -0.1) is 0 Å². The topological polar surface area (TPSA) is 3.24 Å². The lowest BCUT2D eigenvalue weighted by molar-refractivity contribution is 0.0628. The largest absolute Gasteiger partial charge is 0.290 e. The summed E-state index contributed by atoms with van der Waals surface area (Å²) in [5, 5.41) is 0. The van der Waals surface area contributed by atoms with Crippen LogP contribution in [0.1, 0.15) is 53.4 Å². The molecule has 2 fully saturated rings. The Morgan fingerprint density at radius 1 is 1.17 bits per heavy atom. The molecule has 0 spiro atoms. The van der Waals surface area contributed by atoms with Gasteiger partial charge in [0.05, 0.1) is 0 Å². The molecule has 0 aliphatic carbocycles. The number of rotatable bonds is 0. The number of nitrogens with zero attached hydrogens (tertiary/aromatic N) is 1. The van der Waals surface area contributed by atoms with Crippen molar-refractivity contribution < 1.29 is 0 Å². The average Bonchev–Trinajstić information content (AvgIpc) is 2.37. The van der Waals surface area contributed by atoms with E-state index in [9.17, 15) is 0 Å². The zero-order valence-electron chi connectivity index (χ0n) is 8.85. The second-order valence-electron chi connectivity index (χ2n) is 5.77. The van der Waals surface area contributed by atoms with Crippen molar-refractivity contribution in [2.75, 3.05) is 0 Å². The van der Waals surface area contributed by atoms with Crippen LogP contribution in [0.2, 0.25) is 0 Å². The normalized spacial score (nSPS) is 42.5. The first kappa shape index (κ1) is 8.55. The van der Waals surface area contributed by atoms with Crippen LogP contribution in [0.3, 0.4) is 0 Å². The van der Waals surface area contributed by atoms with E-state index in [2.05, 4.69) is 32.6 Å². The minimum atomic E-state index is 0.381. The standard InChI is InChI=1S/C11H21N/c1-10(2,3)12-9-5-7-11(12,4)8-6-9/h9H,5-8H2,1-4H3. The number of hydrogen-bond acceptors (Lipinski definition) is 1. The molecule has 2 rings (SSSR count). The monoisotopic (exact) mass is 167 g/mol. The van der Waals surface area contributed by atoms with Gasteiger partial charge in [-0.2, -0.15) is 0 Å². The van der Waals surface area contributed by atoms with Crippen LogP contribution in [0.15, 0.2) is 0 Å². The maximum absolute atomic E-state index is 2.76. The Morgan fingerprint density at radius 2 is 1.67 bits per heavy atom. The van der Waals surface area contributed by atoms with Crippen LogP contribution in [-0.2, 0) is 0 Å². The first-order chi connectivity index (χ1) is 5.43. The lowest BCUT2D eigenvalue weighted by Gasteiger charge is -2.42. The second-order valence-corrected chi connectivity index (χ2v) is 5.77. The maximum atomic E-state index is 2.76. The van der Waals surface area contributed by atoms with Crippen LogP contribution in [0, 0.1) is 0 Å². The molecule has 0 atom stereocenters. The lowest BCUT2D eigenvalue weighted by atomic mass is 9.89. The van der Waals surface area contributed by atoms with E-state index in [0.29, 0.717) is 11.1 Å². The fraction of sp³-hybridized carbons (Fsp3) is 1.00. The van der Waals surface area contributed by atoms with Gasteiger partial charge in [0.1, 0.15) is 0 Å².